The van der Waals surface area contributed by atoms with Crippen molar-refractivity contribution in [3.63, 3.8) is 0 Å². The van der Waals surface area contributed by atoms with E-state index in [0.717, 1.165) is 4.88 Å². The Morgan fingerprint density at radius 1 is 1.00 bits per heavy atom. The summed E-state index contributed by atoms with van der Waals surface area (Å²) in [6.45, 7) is 1.82. The molecule has 7 heteroatoms. The number of rotatable bonds is 4. The van der Waals surface area contributed by atoms with Gasteiger partial charge >= 0.3 is 0 Å². The monoisotopic (exact) mass is 388 g/mol. The molecule has 0 saturated heterocycles. The van der Waals surface area contributed by atoms with Crippen molar-refractivity contribution in [3.8, 4) is 5.69 Å². The first-order valence-electron chi connectivity index (χ1n) is 8.61. The van der Waals surface area contributed by atoms with Crippen molar-refractivity contribution in [2.24, 2.45) is 5.10 Å². The molecule has 2 aromatic carbocycles. The molecule has 1 amide bonds. The maximum Gasteiger partial charge on any atom is 0.292 e. The third kappa shape index (κ3) is 3.35. The van der Waals surface area contributed by atoms with Gasteiger partial charge in [-0.2, -0.15) is 14.9 Å². The highest BCUT2D eigenvalue weighted by atomic mass is 32.1. The Morgan fingerprint density at radius 2 is 1.71 bits per heavy atom. The van der Waals surface area contributed by atoms with Gasteiger partial charge in [0.1, 0.15) is 0 Å². The van der Waals surface area contributed by atoms with Crippen molar-refractivity contribution >= 4 is 33.7 Å². The van der Waals surface area contributed by atoms with Crippen molar-refractivity contribution in [3.05, 3.63) is 93.0 Å². The van der Waals surface area contributed by atoms with Gasteiger partial charge in [-0.3, -0.25) is 9.59 Å². The summed E-state index contributed by atoms with van der Waals surface area (Å²) in [7, 11) is 0. The van der Waals surface area contributed by atoms with Crippen LogP contribution in [0.15, 0.2) is 82.0 Å². The van der Waals surface area contributed by atoms with Crippen LogP contribution in [0.2, 0.25) is 0 Å². The number of para-hydroxylation sites is 1. The van der Waals surface area contributed by atoms with Crippen LogP contribution in [0, 0.1) is 0 Å². The van der Waals surface area contributed by atoms with Crippen LogP contribution in [0.4, 0.5) is 0 Å². The zero-order valence-corrected chi connectivity index (χ0v) is 15.8. The highest BCUT2D eigenvalue weighted by Crippen LogP contribution is 2.15. The second-order valence-electron chi connectivity index (χ2n) is 6.06. The second kappa shape index (κ2) is 7.58. The highest BCUT2D eigenvalue weighted by Gasteiger charge is 2.17. The van der Waals surface area contributed by atoms with Crippen LogP contribution in [-0.4, -0.2) is 21.4 Å². The average molecular weight is 388 g/mol. The van der Waals surface area contributed by atoms with Gasteiger partial charge in [0.05, 0.1) is 16.8 Å². The number of amides is 1. The fourth-order valence-electron chi connectivity index (χ4n) is 2.83. The van der Waals surface area contributed by atoms with Crippen molar-refractivity contribution in [2.45, 2.75) is 6.92 Å². The molecule has 0 radical (unpaired) electrons. The van der Waals surface area contributed by atoms with Crippen molar-refractivity contribution < 1.29 is 4.79 Å². The molecule has 0 aliphatic carbocycles. The van der Waals surface area contributed by atoms with Crippen LogP contribution in [0.1, 0.15) is 22.3 Å². The van der Waals surface area contributed by atoms with Crippen molar-refractivity contribution in [1.29, 1.82) is 0 Å². The number of benzene rings is 2. The van der Waals surface area contributed by atoms with E-state index in [1.54, 1.807) is 36.4 Å². The molecule has 0 spiro atoms. The molecule has 0 bridgehead atoms. The lowest BCUT2D eigenvalue weighted by molar-refractivity contribution is 0.0950. The Balaban J connectivity index is 1.80. The number of nitrogens with one attached hydrogen (secondary N) is 1. The molecule has 0 unspecified atom stereocenters. The first kappa shape index (κ1) is 17.8. The Bertz CT molecular complexity index is 1230. The van der Waals surface area contributed by atoms with Gasteiger partial charge in [-0.1, -0.05) is 42.5 Å². The molecule has 0 atom stereocenters. The van der Waals surface area contributed by atoms with Crippen molar-refractivity contribution in [1.82, 2.24) is 15.2 Å². The third-order valence-corrected chi connectivity index (χ3v) is 5.20. The summed E-state index contributed by atoms with van der Waals surface area (Å²) < 4.78 is 1.24. The minimum absolute atomic E-state index is 0.141. The molecule has 0 aliphatic heterocycles. The van der Waals surface area contributed by atoms with E-state index in [9.17, 15) is 9.59 Å². The van der Waals surface area contributed by atoms with E-state index in [1.807, 2.05) is 42.6 Å². The Morgan fingerprint density at radius 3 is 2.43 bits per heavy atom. The van der Waals surface area contributed by atoms with Crippen molar-refractivity contribution in [2.75, 3.05) is 0 Å². The first-order valence-corrected chi connectivity index (χ1v) is 9.49. The molecule has 4 rings (SSSR count). The predicted molar refractivity (Wildman–Crippen MR) is 111 cm³/mol. The third-order valence-electron chi connectivity index (χ3n) is 4.22. The maximum atomic E-state index is 12.9. The van der Waals surface area contributed by atoms with Gasteiger partial charge in [0.25, 0.3) is 11.5 Å². The molecule has 6 nitrogen and oxygen atoms in total. The van der Waals surface area contributed by atoms with Crippen LogP contribution in [0.5, 0.6) is 0 Å². The fraction of sp³-hybridized carbons (Fsp3) is 0.0476. The number of nitrogens with zero attached hydrogens (tertiary/aromatic N) is 3. The minimum Gasteiger partial charge on any atom is -0.267 e. The van der Waals surface area contributed by atoms with E-state index in [2.05, 4.69) is 15.6 Å². The summed E-state index contributed by atoms with van der Waals surface area (Å²) in [4.78, 5) is 26.7. The number of carbonyl (C=O) groups is 1. The van der Waals surface area contributed by atoms with Crippen LogP contribution in [-0.2, 0) is 0 Å². The SMILES string of the molecule is C/C(=N/NC(=O)c1nn(-c2ccccc2)c(=O)c2ccccc12)c1cccs1. The molecule has 0 aliphatic rings. The van der Waals surface area contributed by atoms with E-state index < -0.39 is 5.91 Å². The number of fused-ring (bicyclic) bond motifs is 1. The summed E-state index contributed by atoms with van der Waals surface area (Å²) in [6.07, 6.45) is 0. The number of hydrogen-bond acceptors (Lipinski definition) is 5. The first-order chi connectivity index (χ1) is 13.6. The lowest BCUT2D eigenvalue weighted by Gasteiger charge is -2.10. The summed E-state index contributed by atoms with van der Waals surface area (Å²) in [5.74, 6) is -0.475. The lowest BCUT2D eigenvalue weighted by Crippen LogP contribution is -2.28. The predicted octanol–water partition coefficient (Wildman–Crippen LogP) is 3.60. The Labute approximate surface area is 164 Å². The smallest absolute Gasteiger partial charge is 0.267 e. The summed E-state index contributed by atoms with van der Waals surface area (Å²) in [5, 5.41) is 11.4. The van der Waals surface area contributed by atoms with Crippen LogP contribution in [0.3, 0.4) is 0 Å². The van der Waals surface area contributed by atoms with Crippen LogP contribution in [0.25, 0.3) is 16.5 Å². The van der Waals surface area contributed by atoms with Crippen LogP contribution >= 0.6 is 11.3 Å². The van der Waals surface area contributed by atoms with E-state index in [0.29, 0.717) is 22.2 Å². The Kier molecular flexibility index (Phi) is 4.82. The van der Waals surface area contributed by atoms with E-state index in [1.165, 1.54) is 16.0 Å². The van der Waals surface area contributed by atoms with Gasteiger partial charge in [0, 0.05) is 10.3 Å². The van der Waals surface area contributed by atoms with Gasteiger partial charge < -0.3 is 0 Å². The highest BCUT2D eigenvalue weighted by molar-refractivity contribution is 7.12. The number of thiophene rings is 1. The lowest BCUT2D eigenvalue weighted by atomic mass is 10.1. The molecule has 0 saturated carbocycles. The normalized spacial score (nSPS) is 11.5. The topological polar surface area (TPSA) is 76.3 Å². The Hall–Kier alpha value is -3.58. The molecule has 2 aromatic heterocycles. The molecular weight excluding hydrogens is 372 g/mol. The number of carbonyl (C=O) groups excluding carboxylic acids is 1. The van der Waals surface area contributed by atoms with Gasteiger partial charge in [-0.25, -0.2) is 5.43 Å². The van der Waals surface area contributed by atoms with E-state index in [-0.39, 0.29) is 11.3 Å². The summed E-state index contributed by atoms with van der Waals surface area (Å²) >= 11 is 1.54. The zero-order chi connectivity index (χ0) is 19.5. The molecular formula is C21H16N4O2S. The van der Waals surface area contributed by atoms with Gasteiger partial charge in [-0.15, -0.1) is 11.3 Å². The molecule has 2 heterocycles. The number of aromatic nitrogens is 2. The standard InChI is InChI=1S/C21H16N4O2S/c1-14(18-12-7-13-28-18)22-23-20(26)19-16-10-5-6-11-17(16)21(27)25(24-19)15-8-3-2-4-9-15/h2-13H,1H3,(H,23,26)/b22-14-. The number of hydrogen-bond donors (Lipinski definition) is 1. The van der Waals surface area contributed by atoms with Crippen LogP contribution < -0.4 is 11.0 Å². The largest absolute Gasteiger partial charge is 0.292 e. The minimum atomic E-state index is -0.475. The van der Waals surface area contributed by atoms with E-state index >= 15 is 0 Å². The average Bonchev–Trinajstić information content (AvgIpc) is 3.28. The summed E-state index contributed by atoms with van der Waals surface area (Å²) in [6, 6.07) is 19.8. The maximum absolute atomic E-state index is 12.9. The van der Waals surface area contributed by atoms with E-state index in [4.69, 9.17) is 0 Å². The summed E-state index contributed by atoms with van der Waals surface area (Å²) in [5.41, 5.74) is 3.70. The second-order valence-corrected chi connectivity index (χ2v) is 7.01. The molecule has 4 aromatic rings. The number of hydrazone groups is 1. The van der Waals surface area contributed by atoms with Gasteiger partial charge in [0.2, 0.25) is 0 Å². The molecule has 0 fully saturated rings. The molecule has 1 N–H and O–H groups in total. The zero-order valence-electron chi connectivity index (χ0n) is 15.0. The van der Waals surface area contributed by atoms with Gasteiger partial charge in [0.15, 0.2) is 5.69 Å². The quantitative estimate of drug-likeness (QED) is 0.429. The van der Waals surface area contributed by atoms with Gasteiger partial charge in [-0.05, 0) is 36.6 Å². The molecule has 138 valence electrons. The fourth-order valence-corrected chi connectivity index (χ4v) is 3.51. The molecule has 28 heavy (non-hydrogen) atoms.